The van der Waals surface area contributed by atoms with Gasteiger partial charge in [-0.3, -0.25) is 4.79 Å². The molecule has 0 saturated carbocycles. The number of aryl methyl sites for hydroxylation is 1. The van der Waals surface area contributed by atoms with Gasteiger partial charge >= 0.3 is 6.16 Å². The fourth-order valence-corrected chi connectivity index (χ4v) is 4.33. The summed E-state index contributed by atoms with van der Waals surface area (Å²) in [5.41, 5.74) is 10.1. The van der Waals surface area contributed by atoms with E-state index < -0.39 is 12.2 Å². The minimum absolute atomic E-state index is 0.0120. The third kappa shape index (κ3) is 4.86. The fourth-order valence-electron chi connectivity index (χ4n) is 3.50. The lowest BCUT2D eigenvalue weighted by Crippen LogP contribution is -2.32. The van der Waals surface area contributed by atoms with Crippen molar-refractivity contribution in [3.05, 3.63) is 70.2 Å². The smallest absolute Gasteiger partial charge is 0.430 e. The maximum absolute atomic E-state index is 12.9. The summed E-state index contributed by atoms with van der Waals surface area (Å²) in [5.74, 6) is 0.321. The second kappa shape index (κ2) is 9.24. The molecule has 2 aromatic carbocycles. The van der Waals surface area contributed by atoms with E-state index in [1.807, 2.05) is 31.2 Å². The molecule has 3 rings (SSSR count). The number of carbonyl (C=O) groups is 2. The molecule has 0 saturated heterocycles. The fraction of sp³-hybridized carbons (Fsp3) is 0.273. The average molecular weight is 459 g/mol. The van der Waals surface area contributed by atoms with E-state index in [-0.39, 0.29) is 18.9 Å². The van der Waals surface area contributed by atoms with Crippen molar-refractivity contribution in [2.45, 2.75) is 25.8 Å². The Hall–Kier alpha value is -2.64. The highest BCUT2D eigenvalue weighted by Gasteiger charge is 2.27. The highest BCUT2D eigenvalue weighted by atomic mass is 79.9. The summed E-state index contributed by atoms with van der Waals surface area (Å²) in [6, 6.07) is 10.8. The molecule has 0 radical (unpaired) electrons. The number of carbonyl (C=O) groups excluding carboxylic acids is 2. The Morgan fingerprint density at radius 1 is 1.34 bits per heavy atom. The first-order valence-corrected chi connectivity index (χ1v) is 10.1. The second-order valence-electron chi connectivity index (χ2n) is 6.82. The molecule has 0 aromatic heterocycles. The van der Waals surface area contributed by atoms with Gasteiger partial charge in [0, 0.05) is 29.2 Å². The molecule has 1 heterocycles. The van der Waals surface area contributed by atoms with E-state index in [1.165, 1.54) is 11.6 Å². The lowest BCUT2D eigenvalue weighted by Gasteiger charge is -2.22. The highest BCUT2D eigenvalue weighted by Crippen LogP contribution is 2.34. The van der Waals surface area contributed by atoms with Crippen molar-refractivity contribution in [1.82, 2.24) is 0 Å². The van der Waals surface area contributed by atoms with Crippen LogP contribution in [0.25, 0.3) is 0 Å². The van der Waals surface area contributed by atoms with Gasteiger partial charge in [0.25, 0.3) is 0 Å². The zero-order valence-corrected chi connectivity index (χ0v) is 17.8. The van der Waals surface area contributed by atoms with Crippen LogP contribution in [-0.2, 0) is 16.0 Å². The van der Waals surface area contributed by atoms with E-state index in [0.717, 1.165) is 23.2 Å². The quantitative estimate of drug-likeness (QED) is 0.393. The molecular weight excluding hydrogens is 436 g/mol. The largest absolute Gasteiger partial charge is 0.514 e. The van der Waals surface area contributed by atoms with Crippen LogP contribution in [0.1, 0.15) is 29.2 Å². The Kier molecular flexibility index (Phi) is 6.71. The molecule has 0 aliphatic carbocycles. The predicted molar refractivity (Wildman–Crippen MR) is 115 cm³/mol. The van der Waals surface area contributed by atoms with Gasteiger partial charge in [-0.2, -0.15) is 0 Å². The molecule has 6 nitrogen and oxygen atoms in total. The van der Waals surface area contributed by atoms with Crippen LogP contribution in [-0.4, -0.2) is 25.2 Å². The van der Waals surface area contributed by atoms with Crippen LogP contribution in [0, 0.1) is 6.92 Å². The molecule has 7 heteroatoms. The van der Waals surface area contributed by atoms with E-state index in [9.17, 15) is 9.59 Å². The molecule has 0 spiro atoms. The van der Waals surface area contributed by atoms with Crippen LogP contribution < -0.4 is 15.4 Å². The first-order chi connectivity index (χ1) is 13.9. The van der Waals surface area contributed by atoms with Gasteiger partial charge in [0.1, 0.15) is 12.4 Å². The summed E-state index contributed by atoms with van der Waals surface area (Å²) in [7, 11) is 0. The third-order valence-electron chi connectivity index (χ3n) is 4.78. The summed E-state index contributed by atoms with van der Waals surface area (Å²) in [4.78, 5) is 26.3. The number of ether oxygens (including phenoxy) is 2. The minimum atomic E-state index is -0.809. The second-order valence-corrected chi connectivity index (χ2v) is 7.68. The number of halogens is 1. The van der Waals surface area contributed by atoms with Gasteiger partial charge in [-0.05, 0) is 48.2 Å². The van der Waals surface area contributed by atoms with Gasteiger partial charge in [0.05, 0.1) is 0 Å². The molecule has 2 aromatic rings. The molecule has 0 fully saturated rings. The van der Waals surface area contributed by atoms with Crippen molar-refractivity contribution in [2.24, 2.45) is 5.73 Å². The number of rotatable bonds is 6. The van der Waals surface area contributed by atoms with Gasteiger partial charge in [0.2, 0.25) is 5.91 Å². The molecule has 1 unspecified atom stereocenters. The summed E-state index contributed by atoms with van der Waals surface area (Å²) in [6.45, 7) is 6.08. The molecule has 2 N–H and O–H groups in total. The van der Waals surface area contributed by atoms with Crippen molar-refractivity contribution >= 4 is 33.7 Å². The van der Waals surface area contributed by atoms with Crippen LogP contribution in [0.15, 0.2) is 53.5 Å². The molecule has 0 bridgehead atoms. The first-order valence-electron chi connectivity index (χ1n) is 9.30. The maximum atomic E-state index is 12.9. The lowest BCUT2D eigenvalue weighted by atomic mass is 9.98. The highest BCUT2D eigenvalue weighted by molar-refractivity contribution is 9.10. The van der Waals surface area contributed by atoms with E-state index in [1.54, 1.807) is 17.0 Å². The Balaban J connectivity index is 1.71. The normalized spacial score (nSPS) is 13.6. The van der Waals surface area contributed by atoms with Crippen LogP contribution in [0.5, 0.6) is 5.75 Å². The zero-order valence-electron chi connectivity index (χ0n) is 16.2. The van der Waals surface area contributed by atoms with Crippen molar-refractivity contribution in [3.8, 4) is 5.75 Å². The zero-order chi connectivity index (χ0) is 21.0. The Morgan fingerprint density at radius 2 is 2.10 bits per heavy atom. The number of anilines is 1. The molecule has 1 aliphatic rings. The maximum Gasteiger partial charge on any atom is 0.514 e. The van der Waals surface area contributed by atoms with Crippen LogP contribution >= 0.6 is 15.9 Å². The summed E-state index contributed by atoms with van der Waals surface area (Å²) in [6.07, 6.45) is 1.68. The molecular formula is C22H23BrN2O4. The number of nitrogens with two attached hydrogens (primary N) is 1. The number of hydrogen-bond acceptors (Lipinski definition) is 5. The Morgan fingerprint density at radius 3 is 2.83 bits per heavy atom. The molecule has 1 amide bonds. The van der Waals surface area contributed by atoms with Crippen LogP contribution in [0.2, 0.25) is 0 Å². The number of nitrogens with zero attached hydrogens (tertiary/aromatic N) is 1. The number of fused-ring (bicyclic) bond motifs is 1. The lowest BCUT2D eigenvalue weighted by molar-refractivity contribution is -0.118. The number of amides is 1. The summed E-state index contributed by atoms with van der Waals surface area (Å²) in [5, 5.41) is 0. The summed E-state index contributed by atoms with van der Waals surface area (Å²) < 4.78 is 10.7. The molecule has 29 heavy (non-hydrogen) atoms. The number of benzene rings is 2. The van der Waals surface area contributed by atoms with Crippen molar-refractivity contribution in [1.29, 1.82) is 0 Å². The van der Waals surface area contributed by atoms with Gasteiger partial charge in [-0.15, -0.1) is 0 Å². The first kappa shape index (κ1) is 21.1. The minimum Gasteiger partial charge on any atom is -0.430 e. The van der Waals surface area contributed by atoms with Gasteiger partial charge in [0.15, 0.2) is 0 Å². The van der Waals surface area contributed by atoms with E-state index in [2.05, 4.69) is 22.5 Å². The molecule has 1 aliphatic heterocycles. The van der Waals surface area contributed by atoms with Crippen LogP contribution in [0.4, 0.5) is 10.5 Å². The van der Waals surface area contributed by atoms with E-state index >= 15 is 0 Å². The standard InChI is InChI=1S/C22H23BrN2O4/c1-3-10-28-22(27)29-16-11-14(2)21(17(23)12-16)18(24)13-20(26)25-9-8-15-6-4-5-7-19(15)25/h3-7,11-12,18H,1,8-10,13,24H2,2H3. The third-order valence-corrected chi connectivity index (χ3v) is 5.44. The van der Waals surface area contributed by atoms with Crippen molar-refractivity contribution in [3.63, 3.8) is 0 Å². The van der Waals surface area contributed by atoms with Gasteiger partial charge < -0.3 is 20.1 Å². The summed E-state index contributed by atoms with van der Waals surface area (Å²) >= 11 is 3.49. The predicted octanol–water partition coefficient (Wildman–Crippen LogP) is 4.44. The van der Waals surface area contributed by atoms with Gasteiger partial charge in [-0.1, -0.05) is 46.8 Å². The number of hydrogen-bond donors (Lipinski definition) is 1. The van der Waals surface area contributed by atoms with Gasteiger partial charge in [-0.25, -0.2) is 4.79 Å². The monoisotopic (exact) mass is 458 g/mol. The topological polar surface area (TPSA) is 81.9 Å². The van der Waals surface area contributed by atoms with E-state index in [4.69, 9.17) is 15.2 Å². The Bertz CT molecular complexity index is 921. The SMILES string of the molecule is C=CCOC(=O)Oc1cc(C)c(C(N)CC(=O)N2CCc3ccccc32)c(Br)c1. The van der Waals surface area contributed by atoms with Crippen molar-refractivity contribution < 1.29 is 19.1 Å². The van der Waals surface area contributed by atoms with E-state index in [0.29, 0.717) is 16.8 Å². The molecule has 152 valence electrons. The molecule has 1 atom stereocenters. The Labute approximate surface area is 178 Å². The number of para-hydroxylation sites is 1. The van der Waals surface area contributed by atoms with Crippen molar-refractivity contribution in [2.75, 3.05) is 18.1 Å². The average Bonchev–Trinajstić information content (AvgIpc) is 3.10. The van der Waals surface area contributed by atoms with Crippen LogP contribution in [0.3, 0.4) is 0 Å².